The number of urea groups is 1. The molecule has 1 fully saturated rings. The zero-order chi connectivity index (χ0) is 13.8. The number of rotatable bonds is 5. The van der Waals surface area contributed by atoms with Gasteiger partial charge < -0.3 is 15.3 Å². The van der Waals surface area contributed by atoms with Crippen molar-refractivity contribution >= 4 is 11.7 Å². The van der Waals surface area contributed by atoms with E-state index in [1.54, 1.807) is 19.4 Å². The smallest absolute Gasteiger partial charge is 0.321 e. The van der Waals surface area contributed by atoms with Gasteiger partial charge in [0.2, 0.25) is 0 Å². The molecule has 6 nitrogen and oxygen atoms in total. The molecule has 0 aliphatic heterocycles. The van der Waals surface area contributed by atoms with Crippen LogP contribution in [0.15, 0.2) is 12.4 Å². The molecule has 0 bridgehead atoms. The number of carbonyl (C=O) groups is 1. The van der Waals surface area contributed by atoms with Gasteiger partial charge >= 0.3 is 6.03 Å². The van der Waals surface area contributed by atoms with Gasteiger partial charge in [0, 0.05) is 20.0 Å². The summed E-state index contributed by atoms with van der Waals surface area (Å²) in [5, 5.41) is 12.5. The van der Waals surface area contributed by atoms with Crippen LogP contribution in [-0.4, -0.2) is 45.7 Å². The van der Waals surface area contributed by atoms with Gasteiger partial charge in [0.25, 0.3) is 0 Å². The summed E-state index contributed by atoms with van der Waals surface area (Å²) in [5.41, 5.74) is 0.565. The summed E-state index contributed by atoms with van der Waals surface area (Å²) in [7, 11) is 1.67. The van der Waals surface area contributed by atoms with Gasteiger partial charge in [-0.1, -0.05) is 6.92 Å². The number of aromatic nitrogens is 2. The number of aliphatic hydroxyl groups excluding tert-OH is 1. The lowest BCUT2D eigenvalue weighted by Crippen LogP contribution is -2.38. The van der Waals surface area contributed by atoms with Crippen molar-refractivity contribution in [1.29, 1.82) is 0 Å². The third kappa shape index (κ3) is 3.89. The van der Waals surface area contributed by atoms with Crippen LogP contribution in [0.25, 0.3) is 0 Å². The maximum atomic E-state index is 11.9. The van der Waals surface area contributed by atoms with E-state index < -0.39 is 6.10 Å². The number of carbonyl (C=O) groups excluding carboxylic acids is 1. The number of hydrogen-bond acceptors (Lipinski definition) is 4. The maximum absolute atomic E-state index is 11.9. The van der Waals surface area contributed by atoms with E-state index in [2.05, 4.69) is 15.3 Å². The number of aliphatic hydroxyl groups is 1. The Balaban J connectivity index is 1.84. The zero-order valence-electron chi connectivity index (χ0n) is 11.3. The first-order valence-corrected chi connectivity index (χ1v) is 6.61. The van der Waals surface area contributed by atoms with E-state index in [0.29, 0.717) is 18.2 Å². The number of aryl methyl sites for hydroxylation is 1. The lowest BCUT2D eigenvalue weighted by molar-refractivity contribution is 0.117. The highest BCUT2D eigenvalue weighted by Crippen LogP contribution is 2.32. The molecule has 0 aromatic carbocycles. The third-order valence-corrected chi connectivity index (χ3v) is 3.25. The Morgan fingerprint density at radius 2 is 2.16 bits per heavy atom. The Hall–Kier alpha value is -1.69. The molecule has 1 heterocycles. The summed E-state index contributed by atoms with van der Waals surface area (Å²) < 4.78 is 0. The van der Waals surface area contributed by atoms with Crippen LogP contribution in [0.5, 0.6) is 0 Å². The fourth-order valence-corrected chi connectivity index (χ4v) is 1.81. The third-order valence-electron chi connectivity index (χ3n) is 3.25. The van der Waals surface area contributed by atoms with Gasteiger partial charge in [0.05, 0.1) is 24.2 Å². The number of nitrogens with zero attached hydrogens (tertiary/aromatic N) is 3. The van der Waals surface area contributed by atoms with E-state index in [1.165, 1.54) is 4.90 Å². The lowest BCUT2D eigenvalue weighted by atomic mass is 10.2. The molecule has 1 aliphatic rings. The average molecular weight is 264 g/mol. The number of nitrogens with one attached hydrogen (secondary N) is 1. The molecule has 1 unspecified atom stereocenters. The highest BCUT2D eigenvalue weighted by molar-refractivity contribution is 5.88. The SMILES string of the molecule is CCc1ncc(NC(=O)N(C)CC(O)C2CC2)cn1. The number of likely N-dealkylation sites (N-methyl/N-ethyl adjacent to an activating group) is 1. The van der Waals surface area contributed by atoms with E-state index in [9.17, 15) is 9.90 Å². The monoisotopic (exact) mass is 264 g/mol. The molecule has 6 heteroatoms. The lowest BCUT2D eigenvalue weighted by Gasteiger charge is -2.21. The Kier molecular flexibility index (Phi) is 4.31. The standard InChI is InChI=1S/C13H20N4O2/c1-3-12-14-6-10(7-15-12)16-13(19)17(2)8-11(18)9-4-5-9/h6-7,9,11,18H,3-5,8H2,1-2H3,(H,16,19). The average Bonchev–Trinajstić information content (AvgIpc) is 3.23. The molecule has 1 saturated carbocycles. The van der Waals surface area contributed by atoms with Crippen LogP contribution in [0.4, 0.5) is 10.5 Å². The molecule has 1 aliphatic carbocycles. The van der Waals surface area contributed by atoms with Crippen LogP contribution in [0, 0.1) is 5.92 Å². The Morgan fingerprint density at radius 3 is 2.68 bits per heavy atom. The molecule has 0 radical (unpaired) electrons. The Morgan fingerprint density at radius 1 is 1.53 bits per heavy atom. The van der Waals surface area contributed by atoms with Crippen molar-refractivity contribution in [3.63, 3.8) is 0 Å². The minimum Gasteiger partial charge on any atom is -0.391 e. The van der Waals surface area contributed by atoms with Crippen LogP contribution >= 0.6 is 0 Å². The van der Waals surface area contributed by atoms with E-state index in [-0.39, 0.29) is 6.03 Å². The molecule has 1 aromatic heterocycles. The predicted molar refractivity (Wildman–Crippen MR) is 71.8 cm³/mol. The first-order valence-electron chi connectivity index (χ1n) is 6.61. The summed E-state index contributed by atoms with van der Waals surface area (Å²) in [6.45, 7) is 2.32. The molecule has 0 saturated heterocycles. The molecule has 1 aromatic rings. The predicted octanol–water partition coefficient (Wildman–Crippen LogP) is 1.27. The quantitative estimate of drug-likeness (QED) is 0.839. The van der Waals surface area contributed by atoms with Gasteiger partial charge in [-0.25, -0.2) is 14.8 Å². The highest BCUT2D eigenvalue weighted by atomic mass is 16.3. The molecule has 1 atom stereocenters. The summed E-state index contributed by atoms with van der Waals surface area (Å²) in [6.07, 6.45) is 5.65. The van der Waals surface area contributed by atoms with Crippen molar-refractivity contribution in [3.8, 4) is 0 Å². The van der Waals surface area contributed by atoms with Gasteiger partial charge in [-0.2, -0.15) is 0 Å². The van der Waals surface area contributed by atoms with Gasteiger partial charge in [0.1, 0.15) is 5.82 Å². The van der Waals surface area contributed by atoms with E-state index >= 15 is 0 Å². The molecule has 104 valence electrons. The van der Waals surface area contributed by atoms with Crippen LogP contribution < -0.4 is 5.32 Å². The van der Waals surface area contributed by atoms with E-state index in [4.69, 9.17) is 0 Å². The molecule has 2 rings (SSSR count). The van der Waals surface area contributed by atoms with Crippen molar-refractivity contribution < 1.29 is 9.90 Å². The fourth-order valence-electron chi connectivity index (χ4n) is 1.81. The topological polar surface area (TPSA) is 78.4 Å². The van der Waals surface area contributed by atoms with Gasteiger partial charge in [-0.3, -0.25) is 0 Å². The largest absolute Gasteiger partial charge is 0.391 e. The highest BCUT2D eigenvalue weighted by Gasteiger charge is 2.31. The molecule has 19 heavy (non-hydrogen) atoms. The molecular weight excluding hydrogens is 244 g/mol. The molecule has 0 spiro atoms. The van der Waals surface area contributed by atoms with Crippen molar-refractivity contribution in [2.24, 2.45) is 5.92 Å². The summed E-state index contributed by atoms with van der Waals surface area (Å²) in [6, 6.07) is -0.257. The van der Waals surface area contributed by atoms with Crippen molar-refractivity contribution in [2.75, 3.05) is 18.9 Å². The van der Waals surface area contributed by atoms with Crippen LogP contribution in [0.1, 0.15) is 25.6 Å². The molecular formula is C13H20N4O2. The summed E-state index contributed by atoms with van der Waals surface area (Å²) in [4.78, 5) is 21.6. The minimum atomic E-state index is -0.422. The van der Waals surface area contributed by atoms with Crippen molar-refractivity contribution in [2.45, 2.75) is 32.3 Å². The summed E-state index contributed by atoms with van der Waals surface area (Å²) in [5.74, 6) is 1.11. The van der Waals surface area contributed by atoms with Crippen LogP contribution in [0.3, 0.4) is 0 Å². The second-order valence-corrected chi connectivity index (χ2v) is 4.96. The van der Waals surface area contributed by atoms with Crippen molar-refractivity contribution in [3.05, 3.63) is 18.2 Å². The second-order valence-electron chi connectivity index (χ2n) is 4.96. The normalized spacial score (nSPS) is 15.9. The fraction of sp³-hybridized carbons (Fsp3) is 0.615. The van der Waals surface area contributed by atoms with E-state index in [0.717, 1.165) is 25.1 Å². The van der Waals surface area contributed by atoms with Gasteiger partial charge in [-0.15, -0.1) is 0 Å². The molecule has 2 amide bonds. The van der Waals surface area contributed by atoms with Crippen molar-refractivity contribution in [1.82, 2.24) is 14.9 Å². The first kappa shape index (κ1) is 13.7. The minimum absolute atomic E-state index is 0.257. The second kappa shape index (κ2) is 5.97. The maximum Gasteiger partial charge on any atom is 0.321 e. The summed E-state index contributed by atoms with van der Waals surface area (Å²) >= 11 is 0. The van der Waals surface area contributed by atoms with Gasteiger partial charge in [-0.05, 0) is 18.8 Å². The Bertz CT molecular complexity index is 431. The van der Waals surface area contributed by atoms with Crippen LogP contribution in [0.2, 0.25) is 0 Å². The van der Waals surface area contributed by atoms with Gasteiger partial charge in [0.15, 0.2) is 0 Å². The van der Waals surface area contributed by atoms with Crippen LogP contribution in [-0.2, 0) is 6.42 Å². The first-order chi connectivity index (χ1) is 9.10. The Labute approximate surface area is 112 Å². The number of amides is 2. The number of hydrogen-bond donors (Lipinski definition) is 2. The molecule has 2 N–H and O–H groups in total. The van der Waals surface area contributed by atoms with E-state index in [1.807, 2.05) is 6.92 Å². The zero-order valence-corrected chi connectivity index (χ0v) is 11.3. The number of anilines is 1.